The molecule has 2 rings (SSSR count). The molecule has 0 radical (unpaired) electrons. The fourth-order valence-electron chi connectivity index (χ4n) is 3.84. The summed E-state index contributed by atoms with van der Waals surface area (Å²) < 4.78 is 5.22. The van der Waals surface area contributed by atoms with E-state index in [2.05, 4.69) is 24.1 Å². The molecule has 1 N–H and O–H groups in total. The molecule has 0 aromatic heterocycles. The Morgan fingerprint density at radius 1 is 1.25 bits per heavy atom. The van der Waals surface area contributed by atoms with E-state index in [1.807, 2.05) is 43.3 Å². The summed E-state index contributed by atoms with van der Waals surface area (Å²) in [6.45, 7) is 7.19. The van der Waals surface area contributed by atoms with Crippen LogP contribution in [0.25, 0.3) is 0 Å². The largest absolute Gasteiger partial charge is 0.497 e. The zero-order valence-electron chi connectivity index (χ0n) is 18.0. The van der Waals surface area contributed by atoms with Crippen LogP contribution in [-0.4, -0.2) is 69.0 Å². The predicted molar refractivity (Wildman–Crippen MR) is 111 cm³/mol. The highest BCUT2D eigenvalue weighted by Gasteiger charge is 2.28. The molecule has 156 valence electrons. The third-order valence-corrected chi connectivity index (χ3v) is 5.19. The monoisotopic (exact) mass is 389 g/mol. The minimum atomic E-state index is -0.00368. The molecular weight excluding hydrogens is 354 g/mol. The van der Waals surface area contributed by atoms with Crippen molar-refractivity contribution in [2.45, 2.75) is 33.1 Å². The molecule has 0 bridgehead atoms. The first-order valence-electron chi connectivity index (χ1n) is 10.0. The van der Waals surface area contributed by atoms with Gasteiger partial charge in [-0.05, 0) is 50.0 Å². The van der Waals surface area contributed by atoms with Gasteiger partial charge >= 0.3 is 0 Å². The van der Waals surface area contributed by atoms with Crippen molar-refractivity contribution < 1.29 is 14.3 Å². The number of nitrogens with one attached hydrogen (secondary N) is 1. The molecule has 1 saturated heterocycles. The highest BCUT2D eigenvalue weighted by atomic mass is 16.5. The lowest BCUT2D eigenvalue weighted by Crippen LogP contribution is -2.46. The molecule has 2 amide bonds. The van der Waals surface area contributed by atoms with E-state index in [4.69, 9.17) is 4.74 Å². The smallest absolute Gasteiger partial charge is 0.226 e. The van der Waals surface area contributed by atoms with Gasteiger partial charge < -0.3 is 19.9 Å². The summed E-state index contributed by atoms with van der Waals surface area (Å²) in [6.07, 6.45) is 1.82. The van der Waals surface area contributed by atoms with Gasteiger partial charge in [0.15, 0.2) is 0 Å². The summed E-state index contributed by atoms with van der Waals surface area (Å²) in [5.41, 5.74) is 0.986. The molecule has 0 atom stereocenters. The van der Waals surface area contributed by atoms with Gasteiger partial charge in [-0.15, -0.1) is 0 Å². The van der Waals surface area contributed by atoms with Gasteiger partial charge in [-0.2, -0.15) is 0 Å². The van der Waals surface area contributed by atoms with Gasteiger partial charge in [0, 0.05) is 32.1 Å². The van der Waals surface area contributed by atoms with Crippen LogP contribution in [0.3, 0.4) is 0 Å². The molecule has 0 unspecified atom stereocenters. The summed E-state index contributed by atoms with van der Waals surface area (Å²) in [6, 6.07) is 7.61. The molecule has 1 aliphatic heterocycles. The number of hydrogen-bond donors (Lipinski definition) is 1. The number of piperidine rings is 1. The van der Waals surface area contributed by atoms with Crippen LogP contribution < -0.4 is 10.1 Å². The van der Waals surface area contributed by atoms with Crippen molar-refractivity contribution in [3.63, 3.8) is 0 Å². The van der Waals surface area contributed by atoms with Crippen molar-refractivity contribution in [2.24, 2.45) is 11.3 Å². The number of carbonyl (C=O) groups excluding carboxylic acids is 2. The van der Waals surface area contributed by atoms with E-state index in [1.54, 1.807) is 7.11 Å². The van der Waals surface area contributed by atoms with E-state index in [9.17, 15) is 9.59 Å². The van der Waals surface area contributed by atoms with Crippen LogP contribution in [0.2, 0.25) is 0 Å². The minimum Gasteiger partial charge on any atom is -0.497 e. The molecule has 1 heterocycles. The second-order valence-corrected chi connectivity index (χ2v) is 8.80. The number of ether oxygens (including phenoxy) is 1. The second kappa shape index (κ2) is 9.92. The van der Waals surface area contributed by atoms with E-state index in [0.717, 1.165) is 30.7 Å². The first-order valence-corrected chi connectivity index (χ1v) is 10.0. The fourth-order valence-corrected chi connectivity index (χ4v) is 3.84. The molecule has 6 nitrogen and oxygen atoms in total. The van der Waals surface area contributed by atoms with Crippen LogP contribution in [0, 0.1) is 11.3 Å². The zero-order chi connectivity index (χ0) is 20.7. The lowest BCUT2D eigenvalue weighted by molar-refractivity contribution is -0.135. The molecule has 1 aromatic rings. The summed E-state index contributed by atoms with van der Waals surface area (Å²) >= 11 is 0. The maximum Gasteiger partial charge on any atom is 0.226 e. The predicted octanol–water partition coefficient (Wildman–Crippen LogP) is 2.18. The molecule has 1 aliphatic rings. The minimum absolute atomic E-state index is 0.00368. The van der Waals surface area contributed by atoms with Crippen molar-refractivity contribution in [2.75, 3.05) is 47.4 Å². The van der Waals surface area contributed by atoms with E-state index in [-0.39, 0.29) is 23.1 Å². The number of rotatable bonds is 8. The maximum atomic E-state index is 12.6. The zero-order valence-corrected chi connectivity index (χ0v) is 18.0. The molecule has 1 aromatic carbocycles. The van der Waals surface area contributed by atoms with Crippen molar-refractivity contribution in [1.82, 2.24) is 15.1 Å². The van der Waals surface area contributed by atoms with Gasteiger partial charge in [0.2, 0.25) is 11.8 Å². The number of hydrogen-bond acceptors (Lipinski definition) is 4. The summed E-state index contributed by atoms with van der Waals surface area (Å²) in [7, 11) is 5.71. The van der Waals surface area contributed by atoms with Gasteiger partial charge in [-0.1, -0.05) is 26.0 Å². The normalized spacial score (nSPS) is 15.6. The lowest BCUT2D eigenvalue weighted by Gasteiger charge is -2.33. The van der Waals surface area contributed by atoms with Gasteiger partial charge in [0.05, 0.1) is 13.5 Å². The van der Waals surface area contributed by atoms with Crippen molar-refractivity contribution in [1.29, 1.82) is 0 Å². The molecule has 0 aliphatic carbocycles. The average Bonchev–Trinajstić information content (AvgIpc) is 2.65. The van der Waals surface area contributed by atoms with Gasteiger partial charge in [-0.3, -0.25) is 9.59 Å². The fraction of sp³-hybridized carbons (Fsp3) is 0.636. The first kappa shape index (κ1) is 22.2. The Balaban J connectivity index is 1.78. The molecule has 0 saturated carbocycles. The van der Waals surface area contributed by atoms with E-state index in [0.29, 0.717) is 26.1 Å². The Bertz CT molecular complexity index is 665. The molecular formula is C22H35N3O3. The number of methoxy groups -OCH3 is 1. The van der Waals surface area contributed by atoms with Crippen LogP contribution in [-0.2, 0) is 16.0 Å². The molecule has 0 spiro atoms. The second-order valence-electron chi connectivity index (χ2n) is 8.80. The van der Waals surface area contributed by atoms with Gasteiger partial charge in [-0.25, -0.2) is 0 Å². The van der Waals surface area contributed by atoms with E-state index >= 15 is 0 Å². The Morgan fingerprint density at radius 3 is 2.54 bits per heavy atom. The number of likely N-dealkylation sites (tertiary alicyclic amines) is 1. The van der Waals surface area contributed by atoms with Crippen molar-refractivity contribution in [3.8, 4) is 5.75 Å². The standard InChI is InChI=1S/C22H35N3O3/c1-22(2,16-24(3)4)15-23-21(27)18-9-11-25(12-10-18)20(26)14-17-7-6-8-19(13-17)28-5/h6-8,13,18H,9-12,14-16H2,1-5H3,(H,23,27). The van der Waals surface area contributed by atoms with Gasteiger partial charge in [0.1, 0.15) is 5.75 Å². The van der Waals surface area contributed by atoms with E-state index < -0.39 is 0 Å². The topological polar surface area (TPSA) is 61.9 Å². The number of carbonyl (C=O) groups is 2. The molecule has 1 fully saturated rings. The Kier molecular flexibility index (Phi) is 7.87. The van der Waals surface area contributed by atoms with Crippen LogP contribution in [0.1, 0.15) is 32.3 Å². The summed E-state index contributed by atoms with van der Waals surface area (Å²) in [5.74, 6) is 0.986. The molecule has 6 heteroatoms. The highest BCUT2D eigenvalue weighted by molar-refractivity contribution is 5.81. The van der Waals surface area contributed by atoms with E-state index in [1.165, 1.54) is 0 Å². The Morgan fingerprint density at radius 2 is 1.93 bits per heavy atom. The number of nitrogens with zero attached hydrogens (tertiary/aromatic N) is 2. The third-order valence-electron chi connectivity index (χ3n) is 5.19. The maximum absolute atomic E-state index is 12.6. The first-order chi connectivity index (χ1) is 13.2. The van der Waals surface area contributed by atoms with Crippen LogP contribution in [0.15, 0.2) is 24.3 Å². The average molecular weight is 390 g/mol. The third kappa shape index (κ3) is 6.82. The summed E-state index contributed by atoms with van der Waals surface area (Å²) in [4.78, 5) is 29.1. The van der Waals surface area contributed by atoms with Crippen molar-refractivity contribution in [3.05, 3.63) is 29.8 Å². The SMILES string of the molecule is COc1cccc(CC(=O)N2CCC(C(=O)NCC(C)(C)CN(C)C)CC2)c1. The number of benzene rings is 1. The lowest BCUT2D eigenvalue weighted by atomic mass is 9.91. The summed E-state index contributed by atoms with van der Waals surface area (Å²) in [5, 5.41) is 3.11. The molecule has 28 heavy (non-hydrogen) atoms. The van der Waals surface area contributed by atoms with Crippen LogP contribution in [0.4, 0.5) is 0 Å². The van der Waals surface area contributed by atoms with Gasteiger partial charge in [0.25, 0.3) is 0 Å². The van der Waals surface area contributed by atoms with Crippen molar-refractivity contribution >= 4 is 11.8 Å². The van der Waals surface area contributed by atoms with Crippen LogP contribution in [0.5, 0.6) is 5.75 Å². The number of amides is 2. The van der Waals surface area contributed by atoms with Crippen LogP contribution >= 0.6 is 0 Å². The quantitative estimate of drug-likeness (QED) is 0.740. The highest BCUT2D eigenvalue weighted by Crippen LogP contribution is 2.21. The Labute approximate surface area is 169 Å². The Hall–Kier alpha value is -2.08.